The number of hydrogen-bond acceptors (Lipinski definition) is 10. The molecular formula is C39H38O10. The fraction of sp³-hybridized carbons (Fsp3) is 0.128. The molecule has 10 nitrogen and oxygen atoms in total. The van der Waals surface area contributed by atoms with Gasteiger partial charge in [-0.2, -0.15) is 0 Å². The molecule has 0 saturated heterocycles. The minimum atomic E-state index is -0.347. The van der Waals surface area contributed by atoms with Gasteiger partial charge >= 0.3 is 0 Å². The summed E-state index contributed by atoms with van der Waals surface area (Å²) in [5, 5.41) is 56.7. The Labute approximate surface area is 284 Å². The maximum Gasteiger partial charge on any atom is 0.178 e. The van der Waals surface area contributed by atoms with Crippen molar-refractivity contribution >= 4 is 35.9 Å². The van der Waals surface area contributed by atoms with Gasteiger partial charge < -0.3 is 40.1 Å². The molecule has 4 aromatic rings. The number of aliphatic hydroxyl groups excluding tert-OH is 2. The second-order valence-electron chi connectivity index (χ2n) is 10.6. The Bertz CT molecular complexity index is 1880. The molecule has 0 heterocycles. The zero-order chi connectivity index (χ0) is 35.9. The molecule has 0 bridgehead atoms. The van der Waals surface area contributed by atoms with Gasteiger partial charge in [0.15, 0.2) is 34.6 Å². The van der Waals surface area contributed by atoms with Crippen LogP contribution in [0.4, 0.5) is 0 Å². The van der Waals surface area contributed by atoms with E-state index in [1.165, 1.54) is 50.7 Å². The SMILES string of the molecule is COc1cc(/C=C/C(=O)/C=C/c2cc(CO)c(O)c(OC)c2)ccc1O.Cc1cc(/C=C/C(=O)/C=C/c2ccc(O)c(CO)c2)ccc1O. The third-order valence-corrected chi connectivity index (χ3v) is 7.03. The summed E-state index contributed by atoms with van der Waals surface area (Å²) in [6.07, 6.45) is 12.1. The predicted octanol–water partition coefficient (Wildman–Crippen LogP) is 6.10. The van der Waals surface area contributed by atoms with Crippen LogP contribution in [0.2, 0.25) is 0 Å². The van der Waals surface area contributed by atoms with Crippen LogP contribution in [0.25, 0.3) is 24.3 Å². The minimum Gasteiger partial charge on any atom is -0.508 e. The molecule has 0 unspecified atom stereocenters. The van der Waals surface area contributed by atoms with E-state index >= 15 is 0 Å². The highest BCUT2D eigenvalue weighted by molar-refractivity contribution is 6.05. The maximum atomic E-state index is 12.0. The molecule has 0 atom stereocenters. The Morgan fingerprint density at radius 3 is 1.49 bits per heavy atom. The molecule has 254 valence electrons. The molecule has 4 rings (SSSR count). The molecule has 4 aromatic carbocycles. The summed E-state index contributed by atoms with van der Waals surface area (Å²) in [5.41, 5.74) is 4.32. The van der Waals surface area contributed by atoms with Crippen molar-refractivity contribution in [2.24, 2.45) is 0 Å². The molecular weight excluding hydrogens is 628 g/mol. The molecule has 0 saturated carbocycles. The number of hydrogen-bond donors (Lipinski definition) is 6. The van der Waals surface area contributed by atoms with Crippen molar-refractivity contribution in [2.45, 2.75) is 20.1 Å². The number of aryl methyl sites for hydroxylation is 1. The molecule has 0 fully saturated rings. The number of phenols is 4. The first-order valence-electron chi connectivity index (χ1n) is 14.9. The largest absolute Gasteiger partial charge is 0.508 e. The number of rotatable bonds is 12. The number of carbonyl (C=O) groups excluding carboxylic acids is 2. The summed E-state index contributed by atoms with van der Waals surface area (Å²) in [6.45, 7) is 1.18. The van der Waals surface area contributed by atoms with Crippen LogP contribution < -0.4 is 9.47 Å². The van der Waals surface area contributed by atoms with Gasteiger partial charge in [-0.1, -0.05) is 42.5 Å². The molecule has 49 heavy (non-hydrogen) atoms. The fourth-order valence-corrected chi connectivity index (χ4v) is 4.30. The zero-order valence-electron chi connectivity index (χ0n) is 27.2. The number of ether oxygens (including phenoxy) is 2. The van der Waals surface area contributed by atoms with Crippen LogP contribution >= 0.6 is 0 Å². The number of ketones is 2. The number of methoxy groups -OCH3 is 2. The van der Waals surface area contributed by atoms with Crippen molar-refractivity contribution in [3.05, 3.63) is 130 Å². The van der Waals surface area contributed by atoms with Crippen LogP contribution in [0.5, 0.6) is 34.5 Å². The van der Waals surface area contributed by atoms with Gasteiger partial charge in [0.1, 0.15) is 11.5 Å². The minimum absolute atomic E-state index is 0.0248. The Morgan fingerprint density at radius 1 is 0.551 bits per heavy atom. The van der Waals surface area contributed by atoms with E-state index in [1.54, 1.807) is 85.8 Å². The third kappa shape index (κ3) is 11.3. The number of benzene rings is 4. The Balaban J connectivity index is 0.000000267. The normalized spacial score (nSPS) is 11.3. The highest BCUT2D eigenvalue weighted by Gasteiger charge is 2.09. The zero-order valence-corrected chi connectivity index (χ0v) is 27.2. The molecule has 0 aromatic heterocycles. The quantitative estimate of drug-likeness (QED) is 0.0970. The fourth-order valence-electron chi connectivity index (χ4n) is 4.30. The topological polar surface area (TPSA) is 174 Å². The number of phenolic OH excluding ortho intramolecular Hbond substituents is 2. The van der Waals surface area contributed by atoms with Gasteiger partial charge in [0, 0.05) is 11.1 Å². The standard InChI is InChI=1S/C20H20O6.C19H18O4/c1-25-18-10-13(5-8-17(18)23)3-6-16(22)7-4-14-9-15(12-21)20(24)19(11-14)26-2;1-13-10-14(4-8-18(13)22)2-6-17(21)7-3-15-5-9-19(23)16(11-15)12-20/h3-11,21,23-24H,12H2,1-2H3;2-11,20,22-23H,12H2,1H3/b6-3+,7-4+;6-2+,7-3+. The molecule has 0 amide bonds. The lowest BCUT2D eigenvalue weighted by molar-refractivity contribution is -0.111. The van der Waals surface area contributed by atoms with Crippen LogP contribution in [0.3, 0.4) is 0 Å². The van der Waals surface area contributed by atoms with Crippen LogP contribution in [0.15, 0.2) is 91.0 Å². The highest BCUT2D eigenvalue weighted by atomic mass is 16.5. The van der Waals surface area contributed by atoms with Gasteiger partial charge in [-0.25, -0.2) is 0 Å². The van der Waals surface area contributed by atoms with Gasteiger partial charge in [0.25, 0.3) is 0 Å². The third-order valence-electron chi connectivity index (χ3n) is 7.03. The van der Waals surface area contributed by atoms with Crippen LogP contribution in [0.1, 0.15) is 38.9 Å². The van der Waals surface area contributed by atoms with Gasteiger partial charge in [-0.15, -0.1) is 0 Å². The lowest BCUT2D eigenvalue weighted by Crippen LogP contribution is -1.92. The van der Waals surface area contributed by atoms with E-state index in [2.05, 4.69) is 0 Å². The average Bonchev–Trinajstić information content (AvgIpc) is 3.11. The van der Waals surface area contributed by atoms with E-state index in [9.17, 15) is 35.1 Å². The summed E-state index contributed by atoms with van der Waals surface area (Å²) in [7, 11) is 2.85. The summed E-state index contributed by atoms with van der Waals surface area (Å²) < 4.78 is 10.1. The van der Waals surface area contributed by atoms with Gasteiger partial charge in [0.2, 0.25) is 0 Å². The van der Waals surface area contributed by atoms with E-state index in [4.69, 9.17) is 14.6 Å². The first kappa shape index (κ1) is 37.4. The molecule has 0 radical (unpaired) electrons. The molecule has 10 heteroatoms. The number of aliphatic hydroxyl groups is 2. The molecule has 0 aliphatic carbocycles. The lowest BCUT2D eigenvalue weighted by atomic mass is 10.1. The summed E-state index contributed by atoms with van der Waals surface area (Å²) >= 11 is 0. The number of allylic oxidation sites excluding steroid dienone is 4. The molecule has 0 aliphatic rings. The average molecular weight is 667 g/mol. The van der Waals surface area contributed by atoms with Crippen molar-refractivity contribution in [2.75, 3.05) is 14.2 Å². The smallest absolute Gasteiger partial charge is 0.178 e. The van der Waals surface area contributed by atoms with Crippen molar-refractivity contribution in [1.29, 1.82) is 0 Å². The number of aromatic hydroxyl groups is 4. The number of carbonyl (C=O) groups is 2. The first-order chi connectivity index (χ1) is 23.5. The van der Waals surface area contributed by atoms with Crippen molar-refractivity contribution in [3.63, 3.8) is 0 Å². The summed E-state index contributed by atoms with van der Waals surface area (Å²) in [5.74, 6) is 0.248. The van der Waals surface area contributed by atoms with Gasteiger partial charge in [-0.3, -0.25) is 9.59 Å². The van der Waals surface area contributed by atoms with E-state index in [1.807, 2.05) is 0 Å². The molecule has 6 N–H and O–H groups in total. The summed E-state index contributed by atoms with van der Waals surface area (Å²) in [6, 6.07) is 17.7. The summed E-state index contributed by atoms with van der Waals surface area (Å²) in [4.78, 5) is 23.8. The van der Waals surface area contributed by atoms with Crippen LogP contribution in [0, 0.1) is 6.92 Å². The van der Waals surface area contributed by atoms with Crippen molar-refractivity contribution in [3.8, 4) is 34.5 Å². The molecule has 0 aliphatic heterocycles. The Kier molecular flexibility index (Phi) is 13.9. The molecule has 0 spiro atoms. The van der Waals surface area contributed by atoms with Crippen LogP contribution in [-0.4, -0.2) is 56.4 Å². The Hall–Kier alpha value is -6.10. The van der Waals surface area contributed by atoms with Crippen LogP contribution in [-0.2, 0) is 22.8 Å². The van der Waals surface area contributed by atoms with Gasteiger partial charge in [0.05, 0.1) is 27.4 Å². The van der Waals surface area contributed by atoms with E-state index in [0.717, 1.165) is 11.1 Å². The predicted molar refractivity (Wildman–Crippen MR) is 188 cm³/mol. The van der Waals surface area contributed by atoms with Crippen molar-refractivity contribution < 1.29 is 49.7 Å². The van der Waals surface area contributed by atoms with E-state index < -0.39 is 0 Å². The van der Waals surface area contributed by atoms with E-state index in [-0.39, 0.29) is 53.5 Å². The van der Waals surface area contributed by atoms with Gasteiger partial charge in [-0.05, 0) is 108 Å². The van der Waals surface area contributed by atoms with Crippen molar-refractivity contribution in [1.82, 2.24) is 0 Å². The maximum absolute atomic E-state index is 12.0. The second kappa shape index (κ2) is 18.3. The first-order valence-corrected chi connectivity index (χ1v) is 14.9. The Morgan fingerprint density at radius 2 is 0.980 bits per heavy atom. The lowest BCUT2D eigenvalue weighted by Gasteiger charge is -2.08. The highest BCUT2D eigenvalue weighted by Crippen LogP contribution is 2.32. The van der Waals surface area contributed by atoms with E-state index in [0.29, 0.717) is 33.6 Å². The second-order valence-corrected chi connectivity index (χ2v) is 10.6. The monoisotopic (exact) mass is 666 g/mol.